The van der Waals surface area contributed by atoms with Crippen LogP contribution in [0.25, 0.3) is 0 Å². The van der Waals surface area contributed by atoms with Gasteiger partial charge in [0.25, 0.3) is 0 Å². The predicted octanol–water partition coefficient (Wildman–Crippen LogP) is 2.19. The molecular weight excluding hydrogens is 224 g/mol. The van der Waals surface area contributed by atoms with Crippen LogP contribution in [0.3, 0.4) is 0 Å². The minimum absolute atomic E-state index is 0.569. The van der Waals surface area contributed by atoms with Crippen molar-refractivity contribution >= 4 is 11.5 Å². The predicted molar refractivity (Wildman–Crippen MR) is 72.0 cm³/mol. The third-order valence-electron chi connectivity index (χ3n) is 2.59. The van der Waals surface area contributed by atoms with Gasteiger partial charge in [-0.3, -0.25) is 0 Å². The lowest BCUT2D eigenvalue weighted by Gasteiger charge is -2.05. The Hall–Kier alpha value is -2.54. The van der Waals surface area contributed by atoms with E-state index in [-0.39, 0.29) is 0 Å². The zero-order chi connectivity index (χ0) is 12.8. The zero-order valence-corrected chi connectivity index (χ0v) is 9.93. The standard InChI is InChI=1S/C14H14N4/c15-9-12-3-6-14(18-10-12)17-8-7-11-1-4-13(16)5-2-11/h1-6,10H,7-8,16H2,(H,17,18). The molecular formula is C14H14N4. The van der Waals surface area contributed by atoms with Crippen LogP contribution in [-0.2, 0) is 6.42 Å². The second kappa shape index (κ2) is 5.69. The molecule has 18 heavy (non-hydrogen) atoms. The van der Waals surface area contributed by atoms with Gasteiger partial charge >= 0.3 is 0 Å². The van der Waals surface area contributed by atoms with Gasteiger partial charge < -0.3 is 11.1 Å². The molecule has 4 nitrogen and oxygen atoms in total. The fraction of sp³-hybridized carbons (Fsp3) is 0.143. The van der Waals surface area contributed by atoms with Gasteiger partial charge in [0.15, 0.2) is 0 Å². The van der Waals surface area contributed by atoms with E-state index in [1.165, 1.54) is 5.56 Å². The van der Waals surface area contributed by atoms with Gasteiger partial charge in [0.1, 0.15) is 11.9 Å². The largest absolute Gasteiger partial charge is 0.399 e. The minimum Gasteiger partial charge on any atom is -0.399 e. The molecule has 0 spiro atoms. The number of hydrogen-bond acceptors (Lipinski definition) is 4. The number of nitrogens with one attached hydrogen (secondary N) is 1. The Morgan fingerprint density at radius 1 is 1.17 bits per heavy atom. The molecule has 3 N–H and O–H groups in total. The molecule has 0 amide bonds. The lowest BCUT2D eigenvalue weighted by atomic mass is 10.1. The van der Waals surface area contributed by atoms with Crippen molar-refractivity contribution in [3.05, 3.63) is 53.7 Å². The van der Waals surface area contributed by atoms with Gasteiger partial charge in [-0.15, -0.1) is 0 Å². The molecule has 4 heteroatoms. The molecule has 0 atom stereocenters. The third-order valence-corrected chi connectivity index (χ3v) is 2.59. The number of aromatic nitrogens is 1. The maximum absolute atomic E-state index is 8.65. The van der Waals surface area contributed by atoms with Crippen LogP contribution in [-0.4, -0.2) is 11.5 Å². The second-order valence-corrected chi connectivity index (χ2v) is 3.96. The number of hydrogen-bond donors (Lipinski definition) is 2. The lowest BCUT2D eigenvalue weighted by Crippen LogP contribution is -2.06. The van der Waals surface area contributed by atoms with Gasteiger partial charge in [0.05, 0.1) is 5.56 Å². The molecule has 0 fully saturated rings. The Kier molecular flexibility index (Phi) is 3.77. The summed E-state index contributed by atoms with van der Waals surface area (Å²) in [6.07, 6.45) is 2.47. The first-order valence-electron chi connectivity index (χ1n) is 5.72. The Morgan fingerprint density at radius 2 is 1.94 bits per heavy atom. The molecule has 90 valence electrons. The minimum atomic E-state index is 0.569. The summed E-state index contributed by atoms with van der Waals surface area (Å²) in [5.74, 6) is 0.782. The summed E-state index contributed by atoms with van der Waals surface area (Å²) in [6.45, 7) is 0.794. The molecule has 0 aliphatic rings. The van der Waals surface area contributed by atoms with Crippen molar-refractivity contribution < 1.29 is 0 Å². The summed E-state index contributed by atoms with van der Waals surface area (Å²) in [5, 5.41) is 11.9. The van der Waals surface area contributed by atoms with Crippen LogP contribution < -0.4 is 11.1 Å². The van der Waals surface area contributed by atoms with E-state index in [9.17, 15) is 0 Å². The molecule has 0 unspecified atom stereocenters. The first kappa shape index (κ1) is 11.9. The van der Waals surface area contributed by atoms with Crippen molar-refractivity contribution in [3.63, 3.8) is 0 Å². The summed E-state index contributed by atoms with van der Waals surface area (Å²) in [7, 11) is 0. The average Bonchev–Trinajstić information content (AvgIpc) is 2.42. The monoisotopic (exact) mass is 238 g/mol. The van der Waals surface area contributed by atoms with Gasteiger partial charge in [-0.05, 0) is 36.2 Å². The molecule has 1 aromatic heterocycles. The zero-order valence-electron chi connectivity index (χ0n) is 9.93. The van der Waals surface area contributed by atoms with Gasteiger partial charge in [-0.2, -0.15) is 5.26 Å². The number of rotatable bonds is 4. The van der Waals surface area contributed by atoms with E-state index in [1.807, 2.05) is 36.4 Å². The third kappa shape index (κ3) is 3.22. The van der Waals surface area contributed by atoms with Crippen LogP contribution >= 0.6 is 0 Å². The van der Waals surface area contributed by atoms with E-state index < -0.39 is 0 Å². The fourth-order valence-electron chi connectivity index (χ4n) is 1.58. The molecule has 1 aromatic carbocycles. The normalized spacial score (nSPS) is 9.72. The lowest BCUT2D eigenvalue weighted by molar-refractivity contribution is 1.01. The number of anilines is 2. The number of pyridine rings is 1. The van der Waals surface area contributed by atoms with Crippen molar-refractivity contribution in [1.29, 1.82) is 5.26 Å². The SMILES string of the molecule is N#Cc1ccc(NCCc2ccc(N)cc2)nc1. The Bertz CT molecular complexity index is 538. The highest BCUT2D eigenvalue weighted by Crippen LogP contribution is 2.07. The smallest absolute Gasteiger partial charge is 0.125 e. The molecule has 0 bridgehead atoms. The van der Waals surface area contributed by atoms with Crippen molar-refractivity contribution in [3.8, 4) is 6.07 Å². The molecule has 1 heterocycles. The molecule has 2 aromatic rings. The van der Waals surface area contributed by atoms with Gasteiger partial charge in [-0.1, -0.05) is 12.1 Å². The maximum Gasteiger partial charge on any atom is 0.125 e. The topological polar surface area (TPSA) is 74.7 Å². The molecule has 2 rings (SSSR count). The Balaban J connectivity index is 1.84. The van der Waals surface area contributed by atoms with E-state index in [0.717, 1.165) is 24.5 Å². The molecule has 0 aliphatic carbocycles. The summed E-state index contributed by atoms with van der Waals surface area (Å²) in [4.78, 5) is 4.14. The van der Waals surface area contributed by atoms with Gasteiger partial charge in [0.2, 0.25) is 0 Å². The summed E-state index contributed by atoms with van der Waals surface area (Å²) >= 11 is 0. The van der Waals surface area contributed by atoms with E-state index in [2.05, 4.69) is 10.3 Å². The molecule has 0 saturated heterocycles. The highest BCUT2D eigenvalue weighted by Gasteiger charge is 1.96. The first-order chi connectivity index (χ1) is 8.78. The number of nitriles is 1. The average molecular weight is 238 g/mol. The van der Waals surface area contributed by atoms with Gasteiger partial charge in [0, 0.05) is 18.4 Å². The van der Waals surface area contributed by atoms with Crippen LogP contribution in [0, 0.1) is 11.3 Å². The van der Waals surface area contributed by atoms with Crippen LogP contribution in [0.15, 0.2) is 42.6 Å². The number of benzene rings is 1. The van der Waals surface area contributed by atoms with Crippen molar-refractivity contribution in [2.24, 2.45) is 0 Å². The molecule has 0 saturated carbocycles. The highest BCUT2D eigenvalue weighted by atomic mass is 15.0. The quantitative estimate of drug-likeness (QED) is 0.801. The second-order valence-electron chi connectivity index (χ2n) is 3.96. The molecule has 0 radical (unpaired) electrons. The van der Waals surface area contributed by atoms with Gasteiger partial charge in [-0.25, -0.2) is 4.98 Å². The number of nitrogen functional groups attached to an aromatic ring is 1. The fourth-order valence-corrected chi connectivity index (χ4v) is 1.58. The van der Waals surface area contributed by atoms with Crippen LogP contribution in [0.2, 0.25) is 0 Å². The van der Waals surface area contributed by atoms with Crippen molar-refractivity contribution in [1.82, 2.24) is 4.98 Å². The summed E-state index contributed by atoms with van der Waals surface area (Å²) in [6, 6.07) is 13.4. The maximum atomic E-state index is 8.65. The van der Waals surface area contributed by atoms with E-state index >= 15 is 0 Å². The highest BCUT2D eigenvalue weighted by molar-refractivity contribution is 5.41. The Labute approximate surface area is 106 Å². The van der Waals surface area contributed by atoms with E-state index in [1.54, 1.807) is 12.3 Å². The Morgan fingerprint density at radius 3 is 2.56 bits per heavy atom. The summed E-state index contributed by atoms with van der Waals surface area (Å²) in [5.41, 5.74) is 8.20. The number of nitrogens with zero attached hydrogens (tertiary/aromatic N) is 2. The first-order valence-corrected chi connectivity index (χ1v) is 5.72. The van der Waals surface area contributed by atoms with Crippen LogP contribution in [0.5, 0.6) is 0 Å². The van der Waals surface area contributed by atoms with E-state index in [4.69, 9.17) is 11.0 Å². The van der Waals surface area contributed by atoms with Crippen molar-refractivity contribution in [2.75, 3.05) is 17.6 Å². The van der Waals surface area contributed by atoms with Crippen LogP contribution in [0.4, 0.5) is 11.5 Å². The van der Waals surface area contributed by atoms with E-state index in [0.29, 0.717) is 5.56 Å². The van der Waals surface area contributed by atoms with Crippen LogP contribution in [0.1, 0.15) is 11.1 Å². The summed E-state index contributed by atoms with van der Waals surface area (Å²) < 4.78 is 0. The van der Waals surface area contributed by atoms with Crippen molar-refractivity contribution in [2.45, 2.75) is 6.42 Å². The molecule has 0 aliphatic heterocycles. The number of nitrogens with two attached hydrogens (primary N) is 1.